The van der Waals surface area contributed by atoms with Gasteiger partial charge in [0, 0.05) is 31.6 Å². The molecule has 1 aliphatic rings. The highest BCUT2D eigenvalue weighted by atomic mass is 16.5. The average molecular weight is 292 g/mol. The maximum atomic E-state index is 6.12. The van der Waals surface area contributed by atoms with Gasteiger partial charge in [-0.3, -0.25) is 0 Å². The third-order valence-corrected chi connectivity index (χ3v) is 4.06. The van der Waals surface area contributed by atoms with Crippen molar-refractivity contribution in [2.24, 2.45) is 5.73 Å². The molecule has 0 bridgehead atoms. The van der Waals surface area contributed by atoms with Crippen LogP contribution in [0.2, 0.25) is 0 Å². The quantitative estimate of drug-likeness (QED) is 0.926. The maximum absolute atomic E-state index is 6.12. The van der Waals surface area contributed by atoms with Crippen molar-refractivity contribution in [3.8, 4) is 5.88 Å². The summed E-state index contributed by atoms with van der Waals surface area (Å²) < 4.78 is 11.6. The number of pyridine rings is 1. The van der Waals surface area contributed by atoms with Crippen molar-refractivity contribution in [1.29, 1.82) is 0 Å². The largest absolute Gasteiger partial charge is 0.474 e. The van der Waals surface area contributed by atoms with E-state index in [-0.39, 0.29) is 11.5 Å². The molecule has 0 aliphatic heterocycles. The van der Waals surface area contributed by atoms with Crippen LogP contribution in [0.4, 0.5) is 0 Å². The van der Waals surface area contributed by atoms with Crippen LogP contribution in [0.1, 0.15) is 57.7 Å². The van der Waals surface area contributed by atoms with Crippen molar-refractivity contribution in [2.45, 2.75) is 70.6 Å². The van der Waals surface area contributed by atoms with Gasteiger partial charge < -0.3 is 15.2 Å². The Morgan fingerprint density at radius 1 is 1.24 bits per heavy atom. The zero-order chi connectivity index (χ0) is 15.5. The highest BCUT2D eigenvalue weighted by Crippen LogP contribution is 2.28. The van der Waals surface area contributed by atoms with E-state index in [4.69, 9.17) is 15.2 Å². The molecule has 0 amide bonds. The zero-order valence-corrected chi connectivity index (χ0v) is 13.7. The Kier molecular flexibility index (Phi) is 5.22. The van der Waals surface area contributed by atoms with Gasteiger partial charge in [0.2, 0.25) is 5.88 Å². The van der Waals surface area contributed by atoms with Gasteiger partial charge in [-0.05, 0) is 30.9 Å². The number of hydrogen-bond donors (Lipinski definition) is 1. The summed E-state index contributed by atoms with van der Waals surface area (Å²) in [6.45, 7) is 6.97. The lowest BCUT2D eigenvalue weighted by Crippen LogP contribution is -2.30. The molecule has 1 aromatic heterocycles. The van der Waals surface area contributed by atoms with Crippen LogP contribution in [0, 0.1) is 0 Å². The molecule has 2 rings (SSSR count). The van der Waals surface area contributed by atoms with Gasteiger partial charge in [-0.1, -0.05) is 20.8 Å². The molecule has 1 saturated carbocycles. The number of ether oxygens (including phenoxy) is 2. The fraction of sp³-hybridized carbons (Fsp3) is 0.706. The van der Waals surface area contributed by atoms with Gasteiger partial charge in [0.1, 0.15) is 6.10 Å². The van der Waals surface area contributed by atoms with Gasteiger partial charge in [-0.25, -0.2) is 4.98 Å². The molecular formula is C17H28N2O2. The van der Waals surface area contributed by atoms with Crippen molar-refractivity contribution < 1.29 is 9.47 Å². The number of nitrogens with zero attached hydrogens (tertiary/aromatic N) is 1. The van der Waals surface area contributed by atoms with Crippen molar-refractivity contribution in [3.63, 3.8) is 0 Å². The van der Waals surface area contributed by atoms with Gasteiger partial charge in [-0.2, -0.15) is 0 Å². The Hall–Kier alpha value is -1.13. The molecule has 4 heteroatoms. The van der Waals surface area contributed by atoms with Gasteiger partial charge in [-0.15, -0.1) is 0 Å². The van der Waals surface area contributed by atoms with Crippen LogP contribution in [0.3, 0.4) is 0 Å². The first-order chi connectivity index (χ1) is 9.92. The first kappa shape index (κ1) is 16.2. The summed E-state index contributed by atoms with van der Waals surface area (Å²) in [6.07, 6.45) is 4.78. The molecule has 1 aromatic rings. The third-order valence-electron chi connectivity index (χ3n) is 4.06. The standard InChI is InChI=1S/C17H28N2O2/c1-17(2,3)15-8-12(11-18)9-16(19-15)21-14-7-5-6-13(10-14)20-4/h8-9,13-14H,5-7,10-11,18H2,1-4H3. The molecule has 2 N–H and O–H groups in total. The second-order valence-corrected chi connectivity index (χ2v) is 6.92. The van der Waals surface area contributed by atoms with Gasteiger partial charge in [0.15, 0.2) is 0 Å². The first-order valence-electron chi connectivity index (χ1n) is 7.83. The number of hydrogen-bond acceptors (Lipinski definition) is 4. The number of nitrogens with two attached hydrogens (primary N) is 1. The number of aromatic nitrogens is 1. The molecule has 118 valence electrons. The predicted molar refractivity (Wildman–Crippen MR) is 84.5 cm³/mol. The summed E-state index contributed by atoms with van der Waals surface area (Å²) in [6, 6.07) is 4.04. The third kappa shape index (κ3) is 4.42. The average Bonchev–Trinajstić information content (AvgIpc) is 2.46. The van der Waals surface area contributed by atoms with E-state index < -0.39 is 0 Å². The second-order valence-electron chi connectivity index (χ2n) is 6.92. The lowest BCUT2D eigenvalue weighted by Gasteiger charge is -2.29. The van der Waals surface area contributed by atoms with Crippen LogP contribution in [0.25, 0.3) is 0 Å². The summed E-state index contributed by atoms with van der Waals surface area (Å²) in [5.74, 6) is 0.699. The van der Waals surface area contributed by atoms with E-state index in [0.717, 1.165) is 36.9 Å². The van der Waals surface area contributed by atoms with Crippen molar-refractivity contribution in [1.82, 2.24) is 4.98 Å². The van der Waals surface area contributed by atoms with E-state index >= 15 is 0 Å². The SMILES string of the molecule is COC1CCCC(Oc2cc(CN)cc(C(C)(C)C)n2)C1. The van der Waals surface area contributed by atoms with Crippen LogP contribution in [-0.2, 0) is 16.7 Å². The summed E-state index contributed by atoms with van der Waals surface area (Å²) >= 11 is 0. The van der Waals surface area contributed by atoms with E-state index in [1.165, 1.54) is 0 Å². The molecule has 4 nitrogen and oxygen atoms in total. The second kappa shape index (κ2) is 6.75. The molecule has 21 heavy (non-hydrogen) atoms. The first-order valence-corrected chi connectivity index (χ1v) is 7.83. The Morgan fingerprint density at radius 3 is 2.57 bits per heavy atom. The van der Waals surface area contributed by atoms with Crippen molar-refractivity contribution >= 4 is 0 Å². The molecule has 0 aromatic carbocycles. The monoisotopic (exact) mass is 292 g/mol. The molecule has 2 unspecified atom stereocenters. The minimum absolute atomic E-state index is 0.00901. The van der Waals surface area contributed by atoms with Crippen molar-refractivity contribution in [3.05, 3.63) is 23.4 Å². The normalized spacial score (nSPS) is 23.1. The number of methoxy groups -OCH3 is 1. The van der Waals surface area contributed by atoms with Crippen LogP contribution in [0.5, 0.6) is 5.88 Å². The zero-order valence-electron chi connectivity index (χ0n) is 13.7. The van der Waals surface area contributed by atoms with Crippen LogP contribution in [0.15, 0.2) is 12.1 Å². The maximum Gasteiger partial charge on any atom is 0.214 e. The van der Waals surface area contributed by atoms with Crippen LogP contribution in [-0.4, -0.2) is 24.3 Å². The smallest absolute Gasteiger partial charge is 0.214 e. The van der Waals surface area contributed by atoms with E-state index in [0.29, 0.717) is 18.5 Å². The molecule has 0 spiro atoms. The fourth-order valence-electron chi connectivity index (χ4n) is 2.72. The Balaban J connectivity index is 2.15. The van der Waals surface area contributed by atoms with Crippen molar-refractivity contribution in [2.75, 3.05) is 7.11 Å². The predicted octanol–water partition coefficient (Wildman–Crippen LogP) is 3.17. The summed E-state index contributed by atoms with van der Waals surface area (Å²) in [4.78, 5) is 4.68. The molecule has 0 radical (unpaired) electrons. The van der Waals surface area contributed by atoms with Crippen LogP contribution >= 0.6 is 0 Å². The molecule has 1 aliphatic carbocycles. The Morgan fingerprint density at radius 2 is 1.95 bits per heavy atom. The Bertz CT molecular complexity index is 468. The minimum atomic E-state index is -0.00901. The molecule has 2 atom stereocenters. The molecule has 1 fully saturated rings. The van der Waals surface area contributed by atoms with E-state index in [1.807, 2.05) is 6.07 Å². The topological polar surface area (TPSA) is 57.4 Å². The number of rotatable bonds is 4. The highest BCUT2D eigenvalue weighted by Gasteiger charge is 2.24. The molecule has 0 saturated heterocycles. The summed E-state index contributed by atoms with van der Waals surface area (Å²) in [5.41, 5.74) is 7.90. The molecule has 1 heterocycles. The molecular weight excluding hydrogens is 264 g/mol. The van der Waals surface area contributed by atoms with Gasteiger partial charge in [0.25, 0.3) is 0 Å². The van der Waals surface area contributed by atoms with E-state index in [2.05, 4.69) is 31.8 Å². The lowest BCUT2D eigenvalue weighted by atomic mass is 9.91. The minimum Gasteiger partial charge on any atom is -0.474 e. The summed E-state index contributed by atoms with van der Waals surface area (Å²) in [7, 11) is 1.78. The Labute approximate surface area is 128 Å². The fourth-order valence-corrected chi connectivity index (χ4v) is 2.72. The summed E-state index contributed by atoms with van der Waals surface area (Å²) in [5, 5.41) is 0. The lowest BCUT2D eigenvalue weighted by molar-refractivity contribution is 0.0194. The van der Waals surface area contributed by atoms with Crippen LogP contribution < -0.4 is 10.5 Å². The van der Waals surface area contributed by atoms with Gasteiger partial charge in [0.05, 0.1) is 11.8 Å². The van der Waals surface area contributed by atoms with E-state index in [1.54, 1.807) is 7.11 Å². The highest BCUT2D eigenvalue weighted by molar-refractivity contribution is 5.28. The van der Waals surface area contributed by atoms with Gasteiger partial charge >= 0.3 is 0 Å². The van der Waals surface area contributed by atoms with E-state index in [9.17, 15) is 0 Å².